The van der Waals surface area contributed by atoms with Crippen molar-refractivity contribution in [3.05, 3.63) is 51.5 Å². The molecule has 0 aromatic heterocycles. The van der Waals surface area contributed by atoms with Crippen LogP contribution in [-0.2, 0) is 16.6 Å². The molecule has 0 fully saturated rings. The maximum absolute atomic E-state index is 12.5. The summed E-state index contributed by atoms with van der Waals surface area (Å²) in [5.41, 5.74) is 0.801. The fourth-order valence-corrected chi connectivity index (χ4v) is 4.08. The Bertz CT molecular complexity index is 794. The van der Waals surface area contributed by atoms with Gasteiger partial charge in [-0.1, -0.05) is 23.7 Å². The molecule has 2 rings (SSSR count). The molecule has 0 unspecified atom stereocenters. The monoisotopic (exact) mass is 419 g/mol. The fourth-order valence-electron chi connectivity index (χ4n) is 1.90. The first-order chi connectivity index (χ1) is 10.9. The van der Waals surface area contributed by atoms with E-state index in [-0.39, 0.29) is 11.4 Å². The third-order valence-electron chi connectivity index (χ3n) is 3.11. The molecule has 0 atom stereocenters. The zero-order valence-electron chi connectivity index (χ0n) is 12.5. The summed E-state index contributed by atoms with van der Waals surface area (Å²) in [5, 5.41) is 0.597. The maximum Gasteiger partial charge on any atom is 0.242 e. The van der Waals surface area contributed by atoms with E-state index in [9.17, 15) is 8.42 Å². The lowest BCUT2D eigenvalue weighted by molar-refractivity contribution is 0.353. The highest BCUT2D eigenvalue weighted by Gasteiger charge is 2.21. The predicted molar refractivity (Wildman–Crippen MR) is 92.7 cm³/mol. The smallest absolute Gasteiger partial charge is 0.242 e. The van der Waals surface area contributed by atoms with Crippen molar-refractivity contribution in [2.45, 2.75) is 11.4 Å². The summed E-state index contributed by atoms with van der Waals surface area (Å²) in [7, 11) is -0.791. The first kappa shape index (κ1) is 18.1. The number of hydrogen-bond acceptors (Lipinski definition) is 4. The van der Waals surface area contributed by atoms with Crippen LogP contribution < -0.4 is 14.2 Å². The molecule has 0 saturated carbocycles. The van der Waals surface area contributed by atoms with Gasteiger partial charge in [0, 0.05) is 22.1 Å². The summed E-state index contributed by atoms with van der Waals surface area (Å²) >= 11 is 9.06. The number of rotatable bonds is 6. The Morgan fingerprint density at radius 2 is 1.65 bits per heavy atom. The van der Waals surface area contributed by atoms with Crippen molar-refractivity contribution in [1.82, 2.24) is 4.72 Å². The zero-order chi connectivity index (χ0) is 17.0. The molecule has 0 heterocycles. The molecule has 2 aromatic rings. The highest BCUT2D eigenvalue weighted by Crippen LogP contribution is 2.35. The van der Waals surface area contributed by atoms with Crippen molar-refractivity contribution < 1.29 is 17.9 Å². The predicted octanol–water partition coefficient (Wildman–Crippen LogP) is 3.60. The highest BCUT2D eigenvalue weighted by atomic mass is 79.9. The van der Waals surface area contributed by atoms with Crippen molar-refractivity contribution in [1.29, 1.82) is 0 Å². The van der Waals surface area contributed by atoms with E-state index in [2.05, 4.69) is 20.7 Å². The molecule has 0 aliphatic carbocycles. The van der Waals surface area contributed by atoms with E-state index in [0.29, 0.717) is 21.0 Å². The van der Waals surface area contributed by atoms with Crippen molar-refractivity contribution in [2.24, 2.45) is 0 Å². The summed E-state index contributed by atoms with van der Waals surface area (Å²) in [4.78, 5) is 0.0733. The number of methoxy groups -OCH3 is 2. The number of sulfonamides is 1. The number of nitrogens with one attached hydrogen (secondary N) is 1. The average molecular weight is 421 g/mol. The van der Waals surface area contributed by atoms with Gasteiger partial charge in [-0.15, -0.1) is 0 Å². The van der Waals surface area contributed by atoms with Gasteiger partial charge in [-0.05, 0) is 39.7 Å². The summed E-state index contributed by atoms with van der Waals surface area (Å²) in [6.45, 7) is 0.153. The van der Waals surface area contributed by atoms with E-state index < -0.39 is 10.0 Å². The number of ether oxygens (including phenoxy) is 2. The molecule has 5 nitrogen and oxygen atoms in total. The lowest BCUT2D eigenvalue weighted by Crippen LogP contribution is -2.23. The van der Waals surface area contributed by atoms with Crippen LogP contribution in [0.5, 0.6) is 11.5 Å². The van der Waals surface area contributed by atoms with Crippen LogP contribution in [0.2, 0.25) is 5.02 Å². The molecule has 1 N–H and O–H groups in total. The van der Waals surface area contributed by atoms with Crippen LogP contribution in [0.15, 0.2) is 45.8 Å². The summed E-state index contributed by atoms with van der Waals surface area (Å²) in [6, 6.07) is 9.89. The van der Waals surface area contributed by atoms with Gasteiger partial charge in [-0.25, -0.2) is 13.1 Å². The Kier molecular flexibility index (Phi) is 5.91. The van der Waals surface area contributed by atoms with Crippen LogP contribution in [0.1, 0.15) is 5.56 Å². The van der Waals surface area contributed by atoms with Gasteiger partial charge in [0.25, 0.3) is 0 Å². The molecule has 0 bridgehead atoms. The lowest BCUT2D eigenvalue weighted by atomic mass is 10.2. The molecular formula is C15H15BrClNO4S. The molecule has 0 aliphatic heterocycles. The third kappa shape index (κ3) is 4.38. The molecule has 0 spiro atoms. The van der Waals surface area contributed by atoms with Gasteiger partial charge in [0.1, 0.15) is 4.90 Å². The summed E-state index contributed by atoms with van der Waals surface area (Å²) in [6.07, 6.45) is 0. The van der Waals surface area contributed by atoms with Crippen LogP contribution in [0.25, 0.3) is 0 Å². The van der Waals surface area contributed by atoms with Crippen LogP contribution in [0, 0.1) is 0 Å². The van der Waals surface area contributed by atoms with E-state index in [1.165, 1.54) is 20.3 Å². The Balaban J connectivity index is 2.27. The molecule has 0 aliphatic rings. The van der Waals surface area contributed by atoms with Gasteiger partial charge in [-0.2, -0.15) is 0 Å². The molecule has 0 saturated heterocycles. The Morgan fingerprint density at radius 1 is 1.09 bits per heavy atom. The fraction of sp³-hybridized carbons (Fsp3) is 0.200. The third-order valence-corrected chi connectivity index (χ3v) is 5.72. The summed E-state index contributed by atoms with van der Waals surface area (Å²) < 4.78 is 38.2. The van der Waals surface area contributed by atoms with Crippen LogP contribution in [-0.4, -0.2) is 22.6 Å². The Morgan fingerprint density at radius 3 is 2.22 bits per heavy atom. The van der Waals surface area contributed by atoms with Gasteiger partial charge in [0.15, 0.2) is 11.5 Å². The standard InChI is InChI=1S/C15H15BrClNO4S/c1-21-13-7-12(16)15(8-14(13)22-2)23(19,20)18-9-10-3-5-11(17)6-4-10/h3-8,18H,9H2,1-2H3. The highest BCUT2D eigenvalue weighted by molar-refractivity contribution is 9.10. The first-order valence-electron chi connectivity index (χ1n) is 6.53. The van der Waals surface area contributed by atoms with Crippen molar-refractivity contribution in [2.75, 3.05) is 14.2 Å². The van der Waals surface area contributed by atoms with Gasteiger partial charge >= 0.3 is 0 Å². The van der Waals surface area contributed by atoms with Crippen LogP contribution >= 0.6 is 27.5 Å². The molecule has 23 heavy (non-hydrogen) atoms. The van der Waals surface area contributed by atoms with E-state index in [0.717, 1.165) is 5.56 Å². The molecule has 0 radical (unpaired) electrons. The molecule has 0 amide bonds. The minimum atomic E-state index is -3.72. The van der Waals surface area contributed by atoms with E-state index >= 15 is 0 Å². The van der Waals surface area contributed by atoms with Crippen molar-refractivity contribution in [3.63, 3.8) is 0 Å². The molecule has 124 valence electrons. The summed E-state index contributed by atoms with van der Waals surface area (Å²) in [5.74, 6) is 0.776. The van der Waals surface area contributed by atoms with Gasteiger partial charge in [-0.3, -0.25) is 0 Å². The molecule has 2 aromatic carbocycles. The van der Waals surface area contributed by atoms with Gasteiger partial charge < -0.3 is 9.47 Å². The normalized spacial score (nSPS) is 11.3. The second kappa shape index (κ2) is 7.53. The van der Waals surface area contributed by atoms with Crippen LogP contribution in [0.3, 0.4) is 0 Å². The van der Waals surface area contributed by atoms with E-state index in [4.69, 9.17) is 21.1 Å². The molecular weight excluding hydrogens is 406 g/mol. The zero-order valence-corrected chi connectivity index (χ0v) is 15.6. The lowest BCUT2D eigenvalue weighted by Gasteiger charge is -2.13. The molecule has 8 heteroatoms. The second-order valence-electron chi connectivity index (χ2n) is 4.59. The van der Waals surface area contributed by atoms with E-state index in [1.807, 2.05) is 0 Å². The SMILES string of the molecule is COc1cc(Br)c(S(=O)(=O)NCc2ccc(Cl)cc2)cc1OC. The van der Waals surface area contributed by atoms with E-state index in [1.54, 1.807) is 30.3 Å². The minimum Gasteiger partial charge on any atom is -0.493 e. The quantitative estimate of drug-likeness (QED) is 0.775. The number of halogens is 2. The minimum absolute atomic E-state index is 0.0733. The second-order valence-corrected chi connectivity index (χ2v) is 7.61. The maximum atomic E-state index is 12.5. The van der Waals surface area contributed by atoms with Crippen LogP contribution in [0.4, 0.5) is 0 Å². The number of benzene rings is 2. The van der Waals surface area contributed by atoms with Gasteiger partial charge in [0.05, 0.1) is 14.2 Å². The topological polar surface area (TPSA) is 64.6 Å². The van der Waals surface area contributed by atoms with Crippen molar-refractivity contribution in [3.8, 4) is 11.5 Å². The first-order valence-corrected chi connectivity index (χ1v) is 9.18. The largest absolute Gasteiger partial charge is 0.493 e. The Hall–Kier alpha value is -1.28. The van der Waals surface area contributed by atoms with Gasteiger partial charge in [0.2, 0.25) is 10.0 Å². The number of hydrogen-bond donors (Lipinski definition) is 1. The average Bonchev–Trinajstić information content (AvgIpc) is 2.53. The van der Waals surface area contributed by atoms with Crippen molar-refractivity contribution >= 4 is 37.6 Å². The Labute approximate surface area is 148 Å².